The quantitative estimate of drug-likeness (QED) is 0.665. The van der Waals surface area contributed by atoms with Crippen LogP contribution in [0.2, 0.25) is 0 Å². The highest BCUT2D eigenvalue weighted by molar-refractivity contribution is 5.00. The molecule has 0 amide bonds. The zero-order valence-corrected chi connectivity index (χ0v) is 9.85. The fourth-order valence-corrected chi connectivity index (χ4v) is 1.43. The molecule has 0 bridgehead atoms. The van der Waals surface area contributed by atoms with E-state index in [2.05, 4.69) is 41.2 Å². The van der Waals surface area contributed by atoms with Crippen molar-refractivity contribution in [1.82, 2.24) is 0 Å². The van der Waals surface area contributed by atoms with E-state index in [4.69, 9.17) is 5.73 Å². The molecule has 1 nitrogen and oxygen atoms in total. The largest absolute Gasteiger partial charge is 0.327 e. The van der Waals surface area contributed by atoms with Gasteiger partial charge in [-0.2, -0.15) is 0 Å². The Bertz CT molecular complexity index is 162. The first-order valence-corrected chi connectivity index (χ1v) is 5.15. The summed E-state index contributed by atoms with van der Waals surface area (Å²) in [6.07, 6.45) is 2.04. The highest BCUT2D eigenvalue weighted by atomic mass is 14.6. The molecule has 0 fully saturated rings. The zero-order chi connectivity index (χ0) is 10.6. The van der Waals surface area contributed by atoms with Gasteiger partial charge in [-0.3, -0.25) is 0 Å². The maximum absolute atomic E-state index is 6.04. The first-order valence-electron chi connectivity index (χ1n) is 5.15. The number of hydrogen-bond donors (Lipinski definition) is 1. The highest BCUT2D eigenvalue weighted by Gasteiger charge is 2.16. The molecule has 2 N–H and O–H groups in total. The van der Waals surface area contributed by atoms with Gasteiger partial charge in [-0.05, 0) is 24.2 Å². The first-order chi connectivity index (χ1) is 5.72. The lowest BCUT2D eigenvalue weighted by atomic mass is 9.85. The smallest absolute Gasteiger partial charge is 0.00810 e. The Morgan fingerprint density at radius 3 is 2.08 bits per heavy atom. The Morgan fingerprint density at radius 2 is 1.77 bits per heavy atom. The zero-order valence-electron chi connectivity index (χ0n) is 9.85. The lowest BCUT2D eigenvalue weighted by Crippen LogP contribution is -2.27. The van der Waals surface area contributed by atoms with Crippen LogP contribution in [0, 0.1) is 11.3 Å². The van der Waals surface area contributed by atoms with E-state index in [0.29, 0.717) is 11.3 Å². The van der Waals surface area contributed by atoms with Crippen LogP contribution in [0.3, 0.4) is 0 Å². The fourth-order valence-electron chi connectivity index (χ4n) is 1.43. The van der Waals surface area contributed by atoms with Crippen LogP contribution in [0.15, 0.2) is 12.2 Å². The Kier molecular flexibility index (Phi) is 4.69. The molecule has 0 aliphatic heterocycles. The Labute approximate surface area is 83.4 Å². The van der Waals surface area contributed by atoms with Crippen molar-refractivity contribution in [2.75, 3.05) is 0 Å². The molecule has 0 radical (unpaired) electrons. The molecule has 1 unspecified atom stereocenters. The second-order valence-electron chi connectivity index (χ2n) is 5.54. The van der Waals surface area contributed by atoms with Crippen molar-refractivity contribution >= 4 is 0 Å². The predicted molar refractivity (Wildman–Crippen MR) is 60.6 cm³/mol. The summed E-state index contributed by atoms with van der Waals surface area (Å²) < 4.78 is 0. The van der Waals surface area contributed by atoms with Crippen LogP contribution < -0.4 is 5.73 Å². The van der Waals surface area contributed by atoms with Gasteiger partial charge in [-0.25, -0.2) is 0 Å². The maximum Gasteiger partial charge on any atom is 0.00810 e. The molecule has 0 aromatic heterocycles. The van der Waals surface area contributed by atoms with E-state index in [9.17, 15) is 0 Å². The summed E-state index contributed by atoms with van der Waals surface area (Å²) >= 11 is 0. The number of nitrogens with two attached hydrogens (primary N) is 1. The molecule has 0 saturated carbocycles. The molecule has 1 atom stereocenters. The molecule has 0 heterocycles. The van der Waals surface area contributed by atoms with Crippen LogP contribution in [0.4, 0.5) is 0 Å². The summed E-state index contributed by atoms with van der Waals surface area (Å²) in [5, 5.41) is 0. The third-order valence-electron chi connectivity index (χ3n) is 2.22. The van der Waals surface area contributed by atoms with Gasteiger partial charge >= 0.3 is 0 Å². The van der Waals surface area contributed by atoms with Crippen LogP contribution in [0.5, 0.6) is 0 Å². The van der Waals surface area contributed by atoms with Crippen LogP contribution >= 0.6 is 0 Å². The van der Waals surface area contributed by atoms with Gasteiger partial charge in [0.05, 0.1) is 0 Å². The minimum absolute atomic E-state index is 0.273. The summed E-state index contributed by atoms with van der Waals surface area (Å²) in [6.45, 7) is 15.1. The molecule has 0 aliphatic carbocycles. The molecule has 78 valence electrons. The van der Waals surface area contributed by atoms with Crippen LogP contribution in [-0.2, 0) is 0 Å². The first kappa shape index (κ1) is 12.7. The Balaban J connectivity index is 3.88. The average Bonchev–Trinajstić information content (AvgIpc) is 1.81. The third-order valence-corrected chi connectivity index (χ3v) is 2.22. The maximum atomic E-state index is 6.04. The minimum Gasteiger partial charge on any atom is -0.327 e. The lowest BCUT2D eigenvalue weighted by molar-refractivity contribution is 0.335. The standard InChI is InChI=1S/C12H25N/c1-9(2)10(3)7-11(13)8-12(4,5)6/h9,11H,3,7-8,13H2,1-2,4-6H3. The SMILES string of the molecule is C=C(CC(N)CC(C)(C)C)C(C)C. The second-order valence-corrected chi connectivity index (χ2v) is 5.54. The normalized spacial score (nSPS) is 14.7. The van der Waals surface area contributed by atoms with E-state index in [-0.39, 0.29) is 6.04 Å². The summed E-state index contributed by atoms with van der Waals surface area (Å²) in [5.41, 5.74) is 7.64. The summed E-state index contributed by atoms with van der Waals surface area (Å²) in [6, 6.07) is 0.273. The van der Waals surface area contributed by atoms with E-state index < -0.39 is 0 Å². The van der Waals surface area contributed by atoms with Crippen LogP contribution in [-0.4, -0.2) is 6.04 Å². The third kappa shape index (κ3) is 6.83. The van der Waals surface area contributed by atoms with Gasteiger partial charge in [0, 0.05) is 6.04 Å². The molecule has 0 aliphatic rings. The van der Waals surface area contributed by atoms with Gasteiger partial charge < -0.3 is 5.73 Å². The van der Waals surface area contributed by atoms with Crippen molar-refractivity contribution < 1.29 is 0 Å². The van der Waals surface area contributed by atoms with Gasteiger partial charge in [-0.1, -0.05) is 46.8 Å². The molecule has 0 spiro atoms. The monoisotopic (exact) mass is 183 g/mol. The number of rotatable bonds is 4. The van der Waals surface area contributed by atoms with Crippen molar-refractivity contribution in [3.8, 4) is 0 Å². The van der Waals surface area contributed by atoms with Gasteiger partial charge in [0.25, 0.3) is 0 Å². The molecule has 0 aromatic carbocycles. The van der Waals surface area contributed by atoms with E-state index in [1.807, 2.05) is 0 Å². The second kappa shape index (κ2) is 4.80. The molecule has 0 saturated heterocycles. The van der Waals surface area contributed by atoms with Gasteiger partial charge in [0.15, 0.2) is 0 Å². The summed E-state index contributed by atoms with van der Waals surface area (Å²) in [7, 11) is 0. The topological polar surface area (TPSA) is 26.0 Å². The fraction of sp³-hybridized carbons (Fsp3) is 0.833. The lowest BCUT2D eigenvalue weighted by Gasteiger charge is -2.24. The van der Waals surface area contributed by atoms with E-state index >= 15 is 0 Å². The van der Waals surface area contributed by atoms with Crippen molar-refractivity contribution in [2.45, 2.75) is 53.5 Å². The predicted octanol–water partition coefficient (Wildman–Crippen LogP) is 3.35. The molecular formula is C12H25N. The van der Waals surface area contributed by atoms with Gasteiger partial charge in [0.2, 0.25) is 0 Å². The van der Waals surface area contributed by atoms with E-state index in [1.54, 1.807) is 0 Å². The van der Waals surface area contributed by atoms with Crippen LogP contribution in [0.1, 0.15) is 47.5 Å². The van der Waals surface area contributed by atoms with Crippen molar-refractivity contribution in [1.29, 1.82) is 0 Å². The van der Waals surface area contributed by atoms with Gasteiger partial charge in [0.1, 0.15) is 0 Å². The highest BCUT2D eigenvalue weighted by Crippen LogP contribution is 2.23. The molecular weight excluding hydrogens is 158 g/mol. The molecule has 13 heavy (non-hydrogen) atoms. The van der Waals surface area contributed by atoms with E-state index in [0.717, 1.165) is 12.8 Å². The molecule has 0 rings (SSSR count). The van der Waals surface area contributed by atoms with Crippen molar-refractivity contribution in [3.63, 3.8) is 0 Å². The minimum atomic E-state index is 0.273. The molecule has 1 heteroatoms. The Hall–Kier alpha value is -0.300. The van der Waals surface area contributed by atoms with Crippen molar-refractivity contribution in [3.05, 3.63) is 12.2 Å². The van der Waals surface area contributed by atoms with E-state index in [1.165, 1.54) is 5.57 Å². The molecule has 0 aromatic rings. The summed E-state index contributed by atoms with van der Waals surface area (Å²) in [5.74, 6) is 0.561. The van der Waals surface area contributed by atoms with Gasteiger partial charge in [-0.15, -0.1) is 0 Å². The number of hydrogen-bond acceptors (Lipinski definition) is 1. The Morgan fingerprint density at radius 1 is 1.31 bits per heavy atom. The van der Waals surface area contributed by atoms with Crippen LogP contribution in [0.25, 0.3) is 0 Å². The van der Waals surface area contributed by atoms with Crippen molar-refractivity contribution in [2.24, 2.45) is 17.1 Å². The summed E-state index contributed by atoms with van der Waals surface area (Å²) in [4.78, 5) is 0. The average molecular weight is 183 g/mol.